The first kappa shape index (κ1) is 11.0. The summed E-state index contributed by atoms with van der Waals surface area (Å²) in [6.45, 7) is 3.94. The van der Waals surface area contributed by atoms with Gasteiger partial charge in [0.15, 0.2) is 0 Å². The van der Waals surface area contributed by atoms with Crippen molar-refractivity contribution in [3.63, 3.8) is 0 Å². The largest absolute Gasteiger partial charge is 0.459 e. The van der Waals surface area contributed by atoms with Crippen molar-refractivity contribution in [1.29, 1.82) is 0 Å². The van der Waals surface area contributed by atoms with Crippen molar-refractivity contribution in [2.75, 3.05) is 0 Å². The molecule has 1 aromatic heterocycles. The molecule has 0 unspecified atom stereocenters. The Morgan fingerprint density at radius 3 is 3.06 bits per heavy atom. The van der Waals surface area contributed by atoms with Gasteiger partial charge < -0.3 is 9.30 Å². The lowest BCUT2D eigenvalue weighted by Crippen LogP contribution is -2.20. The zero-order valence-corrected chi connectivity index (χ0v) is 10.4. The highest BCUT2D eigenvalue weighted by atomic mass is 16.5. The minimum atomic E-state index is -0.280. The van der Waals surface area contributed by atoms with Crippen LogP contribution in [0.15, 0.2) is 30.6 Å². The number of ether oxygens (including phenoxy) is 1. The highest BCUT2D eigenvalue weighted by Crippen LogP contribution is 2.24. The second kappa shape index (κ2) is 3.98. The van der Waals surface area contributed by atoms with Gasteiger partial charge in [-0.3, -0.25) is 0 Å². The summed E-state index contributed by atoms with van der Waals surface area (Å²) >= 11 is 0. The lowest BCUT2D eigenvalue weighted by Gasteiger charge is -2.20. The molecule has 1 atom stereocenters. The molecular formula is C14H14N2O2. The van der Waals surface area contributed by atoms with Crippen molar-refractivity contribution in [1.82, 2.24) is 9.55 Å². The van der Waals surface area contributed by atoms with Gasteiger partial charge in [-0.2, -0.15) is 0 Å². The standard InChI is InChI=1S/C14H14N2O2/c1-9-3-4-13-12(5-9)15-8-16(13)11-6-10(2)18-14(17)7-11/h3-5,7-8,10H,6H2,1-2H3/t10-/m1/s1. The number of nitrogens with zero attached hydrogens (tertiary/aromatic N) is 2. The fourth-order valence-electron chi connectivity index (χ4n) is 2.28. The van der Waals surface area contributed by atoms with Crippen molar-refractivity contribution in [3.8, 4) is 0 Å². The molecule has 0 bridgehead atoms. The van der Waals surface area contributed by atoms with Crippen LogP contribution in [0.5, 0.6) is 0 Å². The quantitative estimate of drug-likeness (QED) is 0.722. The maximum atomic E-state index is 11.4. The molecule has 0 N–H and O–H groups in total. The van der Waals surface area contributed by atoms with Gasteiger partial charge in [-0.25, -0.2) is 9.78 Å². The van der Waals surface area contributed by atoms with E-state index in [-0.39, 0.29) is 12.1 Å². The first-order valence-corrected chi connectivity index (χ1v) is 5.99. The van der Waals surface area contributed by atoms with Crippen molar-refractivity contribution in [2.45, 2.75) is 26.4 Å². The van der Waals surface area contributed by atoms with E-state index >= 15 is 0 Å². The highest BCUT2D eigenvalue weighted by Gasteiger charge is 2.19. The third-order valence-corrected chi connectivity index (χ3v) is 3.11. The Kier molecular flexibility index (Phi) is 2.44. The van der Waals surface area contributed by atoms with Crippen LogP contribution in [0.25, 0.3) is 16.7 Å². The average Bonchev–Trinajstić information content (AvgIpc) is 2.70. The Morgan fingerprint density at radius 1 is 1.44 bits per heavy atom. The predicted molar refractivity (Wildman–Crippen MR) is 68.9 cm³/mol. The van der Waals surface area contributed by atoms with Crippen LogP contribution in [0.1, 0.15) is 18.9 Å². The van der Waals surface area contributed by atoms with E-state index in [9.17, 15) is 4.79 Å². The predicted octanol–water partition coefficient (Wildman–Crippen LogP) is 2.52. The smallest absolute Gasteiger partial charge is 0.332 e. The third-order valence-electron chi connectivity index (χ3n) is 3.11. The Morgan fingerprint density at radius 2 is 2.28 bits per heavy atom. The number of esters is 1. The summed E-state index contributed by atoms with van der Waals surface area (Å²) in [5, 5.41) is 0. The Balaban J connectivity index is 2.12. The van der Waals surface area contributed by atoms with Gasteiger partial charge in [0.05, 0.1) is 11.0 Å². The van der Waals surface area contributed by atoms with E-state index < -0.39 is 0 Å². The van der Waals surface area contributed by atoms with Crippen LogP contribution < -0.4 is 0 Å². The summed E-state index contributed by atoms with van der Waals surface area (Å²) in [5.74, 6) is -0.280. The number of carbonyl (C=O) groups is 1. The van der Waals surface area contributed by atoms with E-state index in [1.165, 1.54) is 5.56 Å². The third kappa shape index (κ3) is 1.79. The number of fused-ring (bicyclic) bond motifs is 1. The Labute approximate surface area is 105 Å². The number of carbonyl (C=O) groups excluding carboxylic acids is 1. The molecule has 4 nitrogen and oxygen atoms in total. The molecule has 0 aliphatic carbocycles. The molecule has 4 heteroatoms. The van der Waals surface area contributed by atoms with Crippen molar-refractivity contribution < 1.29 is 9.53 Å². The van der Waals surface area contributed by atoms with E-state index in [0.29, 0.717) is 6.42 Å². The Hall–Kier alpha value is -2.10. The monoisotopic (exact) mass is 242 g/mol. The molecule has 18 heavy (non-hydrogen) atoms. The van der Waals surface area contributed by atoms with Crippen LogP contribution in [0.3, 0.4) is 0 Å². The molecule has 2 aromatic rings. The number of hydrogen-bond donors (Lipinski definition) is 0. The lowest BCUT2D eigenvalue weighted by molar-refractivity contribution is -0.142. The number of aromatic nitrogens is 2. The minimum absolute atomic E-state index is 0.0830. The number of hydrogen-bond acceptors (Lipinski definition) is 3. The van der Waals surface area contributed by atoms with Crippen molar-refractivity contribution in [3.05, 3.63) is 36.2 Å². The molecule has 1 aliphatic rings. The van der Waals surface area contributed by atoms with Crippen LogP contribution in [-0.4, -0.2) is 21.6 Å². The molecule has 92 valence electrons. The van der Waals surface area contributed by atoms with Gasteiger partial charge in [-0.1, -0.05) is 6.07 Å². The second-order valence-corrected chi connectivity index (χ2v) is 4.69. The first-order valence-electron chi connectivity index (χ1n) is 5.99. The van der Waals surface area contributed by atoms with Crippen LogP contribution in [0.4, 0.5) is 0 Å². The number of cyclic esters (lactones) is 1. The van der Waals surface area contributed by atoms with Gasteiger partial charge in [0, 0.05) is 18.2 Å². The Bertz CT molecular complexity index is 655. The molecule has 3 rings (SSSR count). The van der Waals surface area contributed by atoms with E-state index in [1.807, 2.05) is 36.6 Å². The van der Waals surface area contributed by atoms with Gasteiger partial charge in [-0.05, 0) is 31.5 Å². The van der Waals surface area contributed by atoms with E-state index in [4.69, 9.17) is 4.74 Å². The summed E-state index contributed by atoms with van der Waals surface area (Å²) < 4.78 is 7.06. The number of rotatable bonds is 1. The summed E-state index contributed by atoms with van der Waals surface area (Å²) in [6, 6.07) is 6.12. The van der Waals surface area contributed by atoms with E-state index in [1.54, 1.807) is 12.4 Å². The van der Waals surface area contributed by atoms with Crippen LogP contribution in [0, 0.1) is 6.92 Å². The molecule has 0 radical (unpaired) electrons. The maximum absolute atomic E-state index is 11.4. The average molecular weight is 242 g/mol. The summed E-state index contributed by atoms with van der Waals surface area (Å²) in [4.78, 5) is 15.8. The summed E-state index contributed by atoms with van der Waals surface area (Å²) in [7, 11) is 0. The van der Waals surface area contributed by atoms with Crippen molar-refractivity contribution in [2.24, 2.45) is 0 Å². The summed E-state index contributed by atoms with van der Waals surface area (Å²) in [6.07, 6.45) is 3.94. The van der Waals surface area contributed by atoms with E-state index in [0.717, 1.165) is 16.7 Å². The van der Waals surface area contributed by atoms with Gasteiger partial charge in [0.2, 0.25) is 0 Å². The van der Waals surface area contributed by atoms with Gasteiger partial charge >= 0.3 is 5.97 Å². The normalized spacial score (nSPS) is 19.8. The first-order chi connectivity index (χ1) is 8.63. The van der Waals surface area contributed by atoms with Crippen LogP contribution in [-0.2, 0) is 9.53 Å². The number of imidazole rings is 1. The van der Waals surface area contributed by atoms with Crippen molar-refractivity contribution >= 4 is 22.7 Å². The molecule has 1 aliphatic heterocycles. The van der Waals surface area contributed by atoms with Crippen LogP contribution >= 0.6 is 0 Å². The van der Waals surface area contributed by atoms with Crippen LogP contribution in [0.2, 0.25) is 0 Å². The molecule has 2 heterocycles. The maximum Gasteiger partial charge on any atom is 0.332 e. The lowest BCUT2D eigenvalue weighted by atomic mass is 10.1. The van der Waals surface area contributed by atoms with Gasteiger partial charge in [0.1, 0.15) is 12.4 Å². The zero-order valence-electron chi connectivity index (χ0n) is 10.4. The second-order valence-electron chi connectivity index (χ2n) is 4.69. The topological polar surface area (TPSA) is 44.1 Å². The fourth-order valence-corrected chi connectivity index (χ4v) is 2.28. The molecule has 0 saturated heterocycles. The molecule has 0 spiro atoms. The number of aryl methyl sites for hydroxylation is 1. The zero-order chi connectivity index (χ0) is 12.7. The number of benzene rings is 1. The minimum Gasteiger partial charge on any atom is -0.459 e. The molecule has 0 fully saturated rings. The molecule has 0 amide bonds. The molecular weight excluding hydrogens is 228 g/mol. The molecule has 0 saturated carbocycles. The summed E-state index contributed by atoms with van der Waals surface area (Å²) in [5.41, 5.74) is 4.08. The SMILES string of the molecule is Cc1ccc2c(c1)ncn2C1=CC(=O)O[C@H](C)C1. The van der Waals surface area contributed by atoms with E-state index in [2.05, 4.69) is 4.98 Å². The highest BCUT2D eigenvalue weighted by molar-refractivity contribution is 5.91. The van der Waals surface area contributed by atoms with Gasteiger partial charge in [0.25, 0.3) is 0 Å². The fraction of sp³-hybridized carbons (Fsp3) is 0.286. The molecule has 1 aromatic carbocycles. The van der Waals surface area contributed by atoms with Gasteiger partial charge in [-0.15, -0.1) is 0 Å².